The van der Waals surface area contributed by atoms with Crippen LogP contribution in [0, 0.1) is 0 Å². The molecule has 0 atom stereocenters. The molecule has 0 bridgehead atoms. The molecule has 3 heterocycles. The third-order valence-electron chi connectivity index (χ3n) is 3.21. The zero-order valence-corrected chi connectivity index (χ0v) is 8.05. The predicted molar refractivity (Wildman–Crippen MR) is 54.4 cm³/mol. The Morgan fingerprint density at radius 3 is 3.00 bits per heavy atom. The molecule has 0 amide bonds. The zero-order chi connectivity index (χ0) is 9.43. The molecule has 1 fully saturated rings. The Kier molecular flexibility index (Phi) is 1.67. The van der Waals surface area contributed by atoms with E-state index in [1.54, 1.807) is 0 Å². The van der Waals surface area contributed by atoms with Gasteiger partial charge in [0.05, 0.1) is 6.26 Å². The lowest BCUT2D eigenvalue weighted by Gasteiger charge is -2.35. The number of ether oxygens (including phenoxy) is 1. The molecule has 0 aromatic rings. The Morgan fingerprint density at radius 2 is 2.14 bits per heavy atom. The fourth-order valence-electron chi connectivity index (χ4n) is 2.40. The van der Waals surface area contributed by atoms with Gasteiger partial charge in [0.2, 0.25) is 0 Å². The largest absolute Gasteiger partial charge is 0.489 e. The van der Waals surface area contributed by atoms with Crippen molar-refractivity contribution in [2.75, 3.05) is 13.1 Å². The Balaban J connectivity index is 1.93. The van der Waals surface area contributed by atoms with Gasteiger partial charge in [-0.2, -0.15) is 0 Å². The summed E-state index contributed by atoms with van der Waals surface area (Å²) in [6.07, 6.45) is 10.1. The monoisotopic (exact) mass is 190 g/mol. The second-order valence-electron chi connectivity index (χ2n) is 3.99. The second-order valence-corrected chi connectivity index (χ2v) is 3.99. The molecule has 2 N–H and O–H groups in total. The van der Waals surface area contributed by atoms with Crippen molar-refractivity contribution >= 4 is 0 Å². The number of hydrogen-bond acceptors (Lipinski definition) is 3. The van der Waals surface area contributed by atoms with Gasteiger partial charge in [0.1, 0.15) is 5.60 Å². The molecule has 14 heavy (non-hydrogen) atoms. The van der Waals surface area contributed by atoms with Gasteiger partial charge in [-0.1, -0.05) is 0 Å². The van der Waals surface area contributed by atoms with Crippen molar-refractivity contribution < 1.29 is 4.74 Å². The Labute approximate surface area is 83.5 Å². The van der Waals surface area contributed by atoms with E-state index in [0.717, 1.165) is 25.9 Å². The number of rotatable bonds is 0. The van der Waals surface area contributed by atoms with Crippen molar-refractivity contribution in [3.05, 3.63) is 35.9 Å². The third kappa shape index (κ3) is 1.02. The van der Waals surface area contributed by atoms with Gasteiger partial charge >= 0.3 is 0 Å². The molecule has 3 nitrogen and oxygen atoms in total. The average molecular weight is 190 g/mol. The number of dihydropyridines is 1. The second kappa shape index (κ2) is 2.89. The third-order valence-corrected chi connectivity index (χ3v) is 3.21. The summed E-state index contributed by atoms with van der Waals surface area (Å²) in [5, 5.41) is 6.51. The van der Waals surface area contributed by atoms with Gasteiger partial charge in [-0.3, -0.25) is 0 Å². The van der Waals surface area contributed by atoms with Crippen LogP contribution in [0.2, 0.25) is 0 Å². The molecule has 0 aliphatic carbocycles. The first-order valence-corrected chi connectivity index (χ1v) is 5.13. The summed E-state index contributed by atoms with van der Waals surface area (Å²) in [6.45, 7) is 2.09. The maximum Gasteiger partial charge on any atom is 0.138 e. The summed E-state index contributed by atoms with van der Waals surface area (Å²) in [4.78, 5) is 0. The highest BCUT2D eigenvalue weighted by Crippen LogP contribution is 2.41. The van der Waals surface area contributed by atoms with Crippen LogP contribution >= 0.6 is 0 Å². The van der Waals surface area contributed by atoms with Gasteiger partial charge in [0.15, 0.2) is 0 Å². The molecule has 0 radical (unpaired) electrons. The first-order chi connectivity index (χ1) is 6.91. The minimum atomic E-state index is -0.0433. The van der Waals surface area contributed by atoms with Gasteiger partial charge in [0, 0.05) is 36.4 Å². The number of hydrogen-bond donors (Lipinski definition) is 2. The van der Waals surface area contributed by atoms with Gasteiger partial charge in [-0.25, -0.2) is 0 Å². The number of allylic oxidation sites excluding steroid dienone is 1. The van der Waals surface area contributed by atoms with Crippen LogP contribution < -0.4 is 10.6 Å². The van der Waals surface area contributed by atoms with Crippen molar-refractivity contribution in [1.82, 2.24) is 10.6 Å². The Bertz CT molecular complexity index is 335. The molecule has 1 saturated heterocycles. The van der Waals surface area contributed by atoms with Crippen LogP contribution in [0.3, 0.4) is 0 Å². The van der Waals surface area contributed by atoms with Crippen LogP contribution in [-0.2, 0) is 4.74 Å². The molecule has 0 unspecified atom stereocenters. The van der Waals surface area contributed by atoms with Crippen molar-refractivity contribution in [1.29, 1.82) is 0 Å². The van der Waals surface area contributed by atoms with E-state index in [4.69, 9.17) is 4.74 Å². The van der Waals surface area contributed by atoms with E-state index in [2.05, 4.69) is 22.9 Å². The molecule has 0 aromatic heterocycles. The normalized spacial score (nSPS) is 27.4. The molecule has 0 saturated carbocycles. The highest BCUT2D eigenvalue weighted by molar-refractivity contribution is 5.50. The van der Waals surface area contributed by atoms with Gasteiger partial charge in [-0.05, 0) is 19.2 Å². The molecule has 0 aromatic carbocycles. The van der Waals surface area contributed by atoms with Crippen LogP contribution in [-0.4, -0.2) is 18.7 Å². The van der Waals surface area contributed by atoms with E-state index in [1.807, 2.05) is 12.5 Å². The van der Waals surface area contributed by atoms with Crippen LogP contribution in [0.5, 0.6) is 0 Å². The van der Waals surface area contributed by atoms with E-state index in [1.165, 1.54) is 11.1 Å². The van der Waals surface area contributed by atoms with E-state index < -0.39 is 0 Å². The molecule has 74 valence electrons. The molecule has 3 aliphatic heterocycles. The van der Waals surface area contributed by atoms with Crippen molar-refractivity contribution in [2.45, 2.75) is 18.4 Å². The summed E-state index contributed by atoms with van der Waals surface area (Å²) in [5.74, 6) is 0. The fourth-order valence-corrected chi connectivity index (χ4v) is 2.40. The molecule has 1 spiro atoms. The molecule has 3 rings (SSSR count). The summed E-state index contributed by atoms with van der Waals surface area (Å²) < 4.78 is 5.87. The highest BCUT2D eigenvalue weighted by atomic mass is 16.5. The lowest BCUT2D eigenvalue weighted by atomic mass is 9.82. The minimum Gasteiger partial charge on any atom is -0.489 e. The maximum atomic E-state index is 5.87. The average Bonchev–Trinajstić information content (AvgIpc) is 2.60. The molecular weight excluding hydrogens is 176 g/mol. The summed E-state index contributed by atoms with van der Waals surface area (Å²) in [6, 6.07) is 0. The lowest BCUT2D eigenvalue weighted by Crippen LogP contribution is -2.43. The van der Waals surface area contributed by atoms with Gasteiger partial charge in [0.25, 0.3) is 0 Å². The number of nitrogens with one attached hydrogen (secondary N) is 2. The van der Waals surface area contributed by atoms with Crippen molar-refractivity contribution in [2.24, 2.45) is 0 Å². The van der Waals surface area contributed by atoms with Crippen LogP contribution in [0.4, 0.5) is 0 Å². The summed E-state index contributed by atoms with van der Waals surface area (Å²) in [7, 11) is 0. The van der Waals surface area contributed by atoms with Gasteiger partial charge < -0.3 is 15.4 Å². The van der Waals surface area contributed by atoms with E-state index in [0.29, 0.717) is 0 Å². The minimum absolute atomic E-state index is 0.0433. The number of piperidine rings is 1. The number of fused-ring (bicyclic) bond motifs is 2. The van der Waals surface area contributed by atoms with Crippen LogP contribution in [0.25, 0.3) is 0 Å². The predicted octanol–water partition coefficient (Wildman–Crippen LogP) is 1.02. The lowest BCUT2D eigenvalue weighted by molar-refractivity contribution is 0.0449. The van der Waals surface area contributed by atoms with Crippen LogP contribution in [0.15, 0.2) is 35.9 Å². The first-order valence-electron chi connectivity index (χ1n) is 5.13. The highest BCUT2D eigenvalue weighted by Gasteiger charge is 2.42. The molecule has 3 heteroatoms. The van der Waals surface area contributed by atoms with E-state index >= 15 is 0 Å². The van der Waals surface area contributed by atoms with Gasteiger partial charge in [-0.15, -0.1) is 0 Å². The Hall–Kier alpha value is -1.22. The molecular formula is C11H14N2O. The first kappa shape index (κ1) is 8.12. The zero-order valence-electron chi connectivity index (χ0n) is 8.05. The van der Waals surface area contributed by atoms with E-state index in [9.17, 15) is 0 Å². The quantitative estimate of drug-likeness (QED) is 0.598. The smallest absolute Gasteiger partial charge is 0.138 e. The fraction of sp³-hybridized carbons (Fsp3) is 0.455. The topological polar surface area (TPSA) is 33.3 Å². The van der Waals surface area contributed by atoms with E-state index in [-0.39, 0.29) is 5.60 Å². The summed E-state index contributed by atoms with van der Waals surface area (Å²) in [5.41, 5.74) is 2.50. The SMILES string of the molecule is C1=CC2=COC3(CCNCC3)C2=CN1. The van der Waals surface area contributed by atoms with Crippen LogP contribution in [0.1, 0.15) is 12.8 Å². The molecule has 3 aliphatic rings. The van der Waals surface area contributed by atoms with Crippen molar-refractivity contribution in [3.63, 3.8) is 0 Å². The van der Waals surface area contributed by atoms with Crippen molar-refractivity contribution in [3.8, 4) is 0 Å². The maximum absolute atomic E-state index is 5.87. The Morgan fingerprint density at radius 1 is 1.29 bits per heavy atom. The summed E-state index contributed by atoms with van der Waals surface area (Å²) >= 11 is 0. The standard InChI is InChI=1S/C11H14N2O/c1-4-13-7-10-9(1)8-14-11(10)2-5-12-6-3-11/h1,4,7-8,12-13H,2-3,5-6H2.